The minimum absolute atomic E-state index is 0.129. The van der Waals surface area contributed by atoms with Crippen LogP contribution in [-0.2, 0) is 22.6 Å². The van der Waals surface area contributed by atoms with Crippen molar-refractivity contribution >= 4 is 40.4 Å². The average molecular weight is 311 g/mol. The first-order chi connectivity index (χ1) is 9.24. The highest BCUT2D eigenvalue weighted by molar-refractivity contribution is 8.00. The standard InChI is InChI=1S/C13H13NO2S3/c1-8-14-6-9(19-8)7-16-13(15)12-10-2-4-17-11(10)3-5-18-12/h2,4,6,12H,3,5,7H2,1H3/t12-/m1/s1. The van der Waals surface area contributed by atoms with Crippen molar-refractivity contribution in [1.29, 1.82) is 0 Å². The second-order valence-electron chi connectivity index (χ2n) is 4.25. The number of thiazole rings is 1. The number of fused-ring (bicyclic) bond motifs is 1. The minimum Gasteiger partial charge on any atom is -0.459 e. The van der Waals surface area contributed by atoms with Gasteiger partial charge in [0.05, 0.1) is 9.88 Å². The van der Waals surface area contributed by atoms with Crippen molar-refractivity contribution in [3.05, 3.63) is 38.0 Å². The Hall–Kier alpha value is -0.850. The van der Waals surface area contributed by atoms with Gasteiger partial charge in [-0.25, -0.2) is 4.98 Å². The van der Waals surface area contributed by atoms with Crippen LogP contribution in [0.25, 0.3) is 0 Å². The highest BCUT2D eigenvalue weighted by Crippen LogP contribution is 2.40. The lowest BCUT2D eigenvalue weighted by molar-refractivity contribution is -0.144. The number of rotatable bonds is 3. The molecule has 6 heteroatoms. The summed E-state index contributed by atoms with van der Waals surface area (Å²) in [5.74, 6) is 0.864. The van der Waals surface area contributed by atoms with Gasteiger partial charge in [-0.1, -0.05) is 0 Å². The largest absolute Gasteiger partial charge is 0.459 e. The number of ether oxygens (including phenoxy) is 1. The Morgan fingerprint density at radius 1 is 1.58 bits per heavy atom. The molecule has 1 aliphatic heterocycles. The van der Waals surface area contributed by atoms with Gasteiger partial charge in [0.2, 0.25) is 0 Å². The number of aromatic nitrogens is 1. The second-order valence-corrected chi connectivity index (χ2v) is 7.79. The fourth-order valence-corrected chi connectivity index (χ4v) is 5.03. The first-order valence-corrected chi connectivity index (χ1v) is 8.74. The maximum Gasteiger partial charge on any atom is 0.324 e. The summed E-state index contributed by atoms with van der Waals surface area (Å²) in [6.45, 7) is 2.28. The van der Waals surface area contributed by atoms with E-state index in [-0.39, 0.29) is 11.2 Å². The van der Waals surface area contributed by atoms with Crippen LogP contribution in [0.1, 0.15) is 25.6 Å². The van der Waals surface area contributed by atoms with E-state index in [0.29, 0.717) is 6.61 Å². The lowest BCUT2D eigenvalue weighted by Crippen LogP contribution is -2.17. The van der Waals surface area contributed by atoms with Gasteiger partial charge < -0.3 is 4.74 Å². The number of thioether (sulfide) groups is 1. The molecule has 2 aromatic heterocycles. The van der Waals surface area contributed by atoms with Crippen molar-refractivity contribution in [2.45, 2.75) is 25.2 Å². The molecular formula is C13H13NO2S3. The van der Waals surface area contributed by atoms with Gasteiger partial charge >= 0.3 is 5.97 Å². The first-order valence-electron chi connectivity index (χ1n) is 6.00. The number of carbonyl (C=O) groups excluding carboxylic acids is 1. The molecule has 0 saturated heterocycles. The van der Waals surface area contributed by atoms with E-state index in [1.807, 2.05) is 6.92 Å². The number of hydrogen-bond donors (Lipinski definition) is 0. The van der Waals surface area contributed by atoms with Crippen LogP contribution in [0.4, 0.5) is 0 Å². The van der Waals surface area contributed by atoms with E-state index in [4.69, 9.17) is 4.74 Å². The van der Waals surface area contributed by atoms with Crippen LogP contribution in [0.3, 0.4) is 0 Å². The Morgan fingerprint density at radius 2 is 2.47 bits per heavy atom. The van der Waals surface area contributed by atoms with Crippen LogP contribution in [-0.4, -0.2) is 16.7 Å². The third-order valence-corrected chi connectivity index (χ3v) is 6.02. The molecule has 0 N–H and O–H groups in total. The quantitative estimate of drug-likeness (QED) is 0.812. The van der Waals surface area contributed by atoms with Gasteiger partial charge in [-0.15, -0.1) is 34.4 Å². The topological polar surface area (TPSA) is 39.2 Å². The molecule has 0 bridgehead atoms. The minimum atomic E-state index is -0.149. The molecule has 0 radical (unpaired) electrons. The third kappa shape index (κ3) is 2.85. The highest BCUT2D eigenvalue weighted by atomic mass is 32.2. The smallest absolute Gasteiger partial charge is 0.324 e. The van der Waals surface area contributed by atoms with Crippen LogP contribution in [0.15, 0.2) is 17.6 Å². The predicted octanol–water partition coefficient (Wildman–Crippen LogP) is 3.59. The molecule has 0 saturated carbocycles. The fourth-order valence-electron chi connectivity index (χ4n) is 2.03. The second kappa shape index (κ2) is 5.64. The zero-order chi connectivity index (χ0) is 13.2. The van der Waals surface area contributed by atoms with Crippen LogP contribution in [0.5, 0.6) is 0 Å². The lowest BCUT2D eigenvalue weighted by atomic mass is 10.1. The van der Waals surface area contributed by atoms with Gasteiger partial charge in [0, 0.05) is 11.1 Å². The zero-order valence-corrected chi connectivity index (χ0v) is 12.9. The van der Waals surface area contributed by atoms with Gasteiger partial charge in [0.1, 0.15) is 11.9 Å². The lowest BCUT2D eigenvalue weighted by Gasteiger charge is -2.20. The van der Waals surface area contributed by atoms with Gasteiger partial charge in [-0.3, -0.25) is 4.79 Å². The Labute approximate surface area is 124 Å². The molecule has 0 amide bonds. The van der Waals surface area contributed by atoms with E-state index in [1.165, 1.54) is 4.88 Å². The molecule has 1 aliphatic rings. The number of nitrogens with zero attached hydrogens (tertiary/aromatic N) is 1. The van der Waals surface area contributed by atoms with Crippen LogP contribution in [0.2, 0.25) is 0 Å². The molecule has 0 unspecified atom stereocenters. The first kappa shape index (κ1) is 13.1. The summed E-state index contributed by atoms with van der Waals surface area (Å²) in [5.41, 5.74) is 1.15. The molecule has 0 spiro atoms. The predicted molar refractivity (Wildman–Crippen MR) is 79.9 cm³/mol. The summed E-state index contributed by atoms with van der Waals surface area (Å²) in [5, 5.41) is 2.91. The van der Waals surface area contributed by atoms with E-state index in [1.54, 1.807) is 40.6 Å². The summed E-state index contributed by atoms with van der Waals surface area (Å²) in [6, 6.07) is 2.05. The van der Waals surface area contributed by atoms with Crippen molar-refractivity contribution < 1.29 is 9.53 Å². The fraction of sp³-hybridized carbons (Fsp3) is 0.385. The summed E-state index contributed by atoms with van der Waals surface area (Å²) >= 11 is 4.98. The van der Waals surface area contributed by atoms with Crippen LogP contribution < -0.4 is 0 Å². The number of esters is 1. The third-order valence-electron chi connectivity index (χ3n) is 2.92. The van der Waals surface area contributed by atoms with Gasteiger partial charge in [-0.2, -0.15) is 0 Å². The van der Waals surface area contributed by atoms with Gasteiger partial charge in [-0.05, 0) is 36.1 Å². The summed E-state index contributed by atoms with van der Waals surface area (Å²) in [7, 11) is 0. The Balaban J connectivity index is 1.65. The van der Waals surface area contributed by atoms with Crippen LogP contribution in [0, 0.1) is 6.92 Å². The molecule has 3 heterocycles. The molecular weight excluding hydrogens is 298 g/mol. The molecule has 100 valence electrons. The van der Waals surface area contributed by atoms with Crippen molar-refractivity contribution in [2.24, 2.45) is 0 Å². The molecule has 2 aromatic rings. The van der Waals surface area contributed by atoms with E-state index in [0.717, 1.165) is 27.6 Å². The van der Waals surface area contributed by atoms with Crippen molar-refractivity contribution in [3.8, 4) is 0 Å². The Morgan fingerprint density at radius 3 is 3.26 bits per heavy atom. The van der Waals surface area contributed by atoms with Gasteiger partial charge in [0.15, 0.2) is 0 Å². The normalized spacial score (nSPS) is 18.1. The van der Waals surface area contributed by atoms with E-state index >= 15 is 0 Å². The van der Waals surface area contributed by atoms with Crippen LogP contribution >= 0.6 is 34.4 Å². The van der Waals surface area contributed by atoms with E-state index < -0.39 is 0 Å². The monoisotopic (exact) mass is 311 g/mol. The molecule has 0 aromatic carbocycles. The number of carbonyl (C=O) groups is 1. The van der Waals surface area contributed by atoms with E-state index in [2.05, 4.69) is 16.4 Å². The summed E-state index contributed by atoms with van der Waals surface area (Å²) in [6.07, 6.45) is 2.84. The average Bonchev–Trinajstić information content (AvgIpc) is 3.03. The van der Waals surface area contributed by atoms with Crippen molar-refractivity contribution in [2.75, 3.05) is 5.75 Å². The molecule has 1 atom stereocenters. The summed E-state index contributed by atoms with van der Waals surface area (Å²) < 4.78 is 5.42. The number of hydrogen-bond acceptors (Lipinski definition) is 6. The number of aryl methyl sites for hydroxylation is 2. The van der Waals surface area contributed by atoms with E-state index in [9.17, 15) is 4.79 Å². The zero-order valence-electron chi connectivity index (χ0n) is 10.4. The SMILES string of the molecule is Cc1ncc(COC(=O)[C@@H]2SCCc3sccc32)s1. The molecule has 0 aliphatic carbocycles. The Bertz CT molecular complexity index is 590. The molecule has 3 nitrogen and oxygen atoms in total. The molecule has 0 fully saturated rings. The molecule has 19 heavy (non-hydrogen) atoms. The maximum absolute atomic E-state index is 12.2. The Kier molecular flexibility index (Phi) is 3.91. The van der Waals surface area contributed by atoms with Crippen molar-refractivity contribution in [3.63, 3.8) is 0 Å². The molecule has 3 rings (SSSR count). The van der Waals surface area contributed by atoms with Gasteiger partial charge in [0.25, 0.3) is 0 Å². The number of thiophene rings is 1. The maximum atomic E-state index is 12.2. The summed E-state index contributed by atoms with van der Waals surface area (Å²) in [4.78, 5) is 18.7. The van der Waals surface area contributed by atoms with Crippen molar-refractivity contribution in [1.82, 2.24) is 4.98 Å². The highest BCUT2D eigenvalue weighted by Gasteiger charge is 2.29.